The van der Waals surface area contributed by atoms with Crippen molar-refractivity contribution in [3.8, 4) is 5.69 Å². The van der Waals surface area contributed by atoms with Gasteiger partial charge in [0.05, 0.1) is 31.7 Å². The average molecular weight is 532 g/mol. The smallest absolute Gasteiger partial charge is 0.355 e. The summed E-state index contributed by atoms with van der Waals surface area (Å²) in [5.74, 6) is -1.08. The first-order chi connectivity index (χ1) is 16.6. The quantitative estimate of drug-likeness (QED) is 0.405. The fourth-order valence-electron chi connectivity index (χ4n) is 3.70. The van der Waals surface area contributed by atoms with Gasteiger partial charge in [-0.1, -0.05) is 29.3 Å². The van der Waals surface area contributed by atoms with Crippen LogP contribution < -0.4 is 21.6 Å². The van der Waals surface area contributed by atoms with E-state index in [1.54, 1.807) is 24.3 Å². The Morgan fingerprint density at radius 2 is 1.80 bits per heavy atom. The number of rotatable bonds is 3. The summed E-state index contributed by atoms with van der Waals surface area (Å²) in [7, 11) is -2.28. The number of halogens is 2. The summed E-state index contributed by atoms with van der Waals surface area (Å²) in [5, 5.41) is 3.59. The van der Waals surface area contributed by atoms with Gasteiger partial charge < -0.3 is 16.0 Å². The van der Waals surface area contributed by atoms with Gasteiger partial charge in [0.15, 0.2) is 15.5 Å². The van der Waals surface area contributed by atoms with Gasteiger partial charge in [-0.15, -0.1) is 0 Å². The van der Waals surface area contributed by atoms with Gasteiger partial charge in [0.1, 0.15) is 11.6 Å². The zero-order valence-corrected chi connectivity index (χ0v) is 20.2. The number of carbonyl (C=O) groups excluding carboxylic acids is 1. The van der Waals surface area contributed by atoms with Crippen LogP contribution in [-0.2, 0) is 14.6 Å². The molecule has 5 rings (SSSR count). The molecule has 0 bridgehead atoms. The summed E-state index contributed by atoms with van der Waals surface area (Å²) in [4.78, 5) is 38.5. The topological polar surface area (TPSA) is 153 Å². The van der Waals surface area contributed by atoms with Crippen LogP contribution >= 0.6 is 23.2 Å². The molecule has 3 heterocycles. The molecule has 0 unspecified atom stereocenters. The molecule has 1 aliphatic heterocycles. The lowest BCUT2D eigenvalue weighted by atomic mass is 10.2. The third-order valence-corrected chi connectivity index (χ3v) is 7.67. The van der Waals surface area contributed by atoms with Crippen molar-refractivity contribution >= 4 is 73.1 Å². The Balaban J connectivity index is 1.56. The largest absolute Gasteiger partial charge is 0.384 e. The lowest BCUT2D eigenvalue weighted by molar-refractivity contribution is -0.116. The second-order valence-corrected chi connectivity index (χ2v) is 10.4. The maximum atomic E-state index is 12.8. The molecular weight excluding hydrogens is 517 g/mol. The van der Waals surface area contributed by atoms with Crippen molar-refractivity contribution in [3.63, 3.8) is 0 Å². The molecule has 35 heavy (non-hydrogen) atoms. The highest BCUT2D eigenvalue weighted by Crippen LogP contribution is 2.34. The van der Waals surface area contributed by atoms with Crippen molar-refractivity contribution in [1.82, 2.24) is 19.5 Å². The van der Waals surface area contributed by atoms with Crippen LogP contribution in [0.1, 0.15) is 0 Å². The number of hydrogen-bond donors (Lipinski definition) is 2. The number of nitrogen functional groups attached to an aromatic ring is 1. The molecule has 3 N–H and O–H groups in total. The van der Waals surface area contributed by atoms with E-state index in [1.165, 1.54) is 30.3 Å². The van der Waals surface area contributed by atoms with Crippen LogP contribution in [0.15, 0.2) is 52.3 Å². The number of amides is 1. The number of nitrogens with one attached hydrogen (secondary N) is 1. The van der Waals surface area contributed by atoms with Crippen LogP contribution in [0.5, 0.6) is 0 Å². The molecule has 0 saturated heterocycles. The van der Waals surface area contributed by atoms with E-state index in [9.17, 15) is 18.0 Å². The second-order valence-electron chi connectivity index (χ2n) is 7.64. The third kappa shape index (κ3) is 3.85. The zero-order valence-electron chi connectivity index (χ0n) is 17.9. The van der Waals surface area contributed by atoms with E-state index in [0.29, 0.717) is 5.69 Å². The third-order valence-electron chi connectivity index (χ3n) is 5.44. The Morgan fingerprint density at radius 1 is 1.09 bits per heavy atom. The summed E-state index contributed by atoms with van der Waals surface area (Å²) in [6, 6.07) is 9.24. The number of fused-ring (bicyclic) bond motifs is 2. The van der Waals surface area contributed by atoms with Crippen molar-refractivity contribution < 1.29 is 13.2 Å². The molecule has 1 amide bonds. The van der Waals surface area contributed by atoms with Gasteiger partial charge in [-0.3, -0.25) is 4.79 Å². The first kappa shape index (κ1) is 23.0. The van der Waals surface area contributed by atoms with Crippen LogP contribution in [0.3, 0.4) is 0 Å². The van der Waals surface area contributed by atoms with Crippen molar-refractivity contribution in [2.45, 2.75) is 4.90 Å². The minimum atomic E-state index is -3.79. The predicted octanol–water partition coefficient (Wildman–Crippen LogP) is 2.56. The van der Waals surface area contributed by atoms with E-state index in [0.717, 1.165) is 4.57 Å². The molecule has 2 aromatic heterocycles. The highest BCUT2D eigenvalue weighted by Gasteiger charge is 2.33. The SMILES string of the molecule is CN1C(=O)CS(=O)(=O)c2cc(Nc3ncc4c(N)n(-c5c(Cl)cccc5Cl)c(=O)nc4n3)ccc21. The average Bonchev–Trinajstić information content (AvgIpc) is 2.79. The standard InChI is InChI=1S/C21H15Cl2N7O4S/c1-29-14-6-5-10(7-15(14)35(33,34)9-16(29)31)26-20-25-8-11-18(24)30(21(32)28-19(11)27-20)17-12(22)3-2-4-13(17)23/h2-8H,9,24H2,1H3,(H,26,27,28,32). The zero-order chi connectivity index (χ0) is 25.1. The molecule has 0 radical (unpaired) electrons. The van der Waals surface area contributed by atoms with E-state index in [2.05, 4.69) is 20.3 Å². The van der Waals surface area contributed by atoms with Gasteiger partial charge in [-0.25, -0.2) is 22.8 Å². The van der Waals surface area contributed by atoms with E-state index >= 15 is 0 Å². The van der Waals surface area contributed by atoms with E-state index in [1.807, 2.05) is 0 Å². The summed E-state index contributed by atoms with van der Waals surface area (Å²) in [5.41, 5.74) is 6.32. The van der Waals surface area contributed by atoms with Gasteiger partial charge in [-0.05, 0) is 30.3 Å². The molecule has 0 aliphatic carbocycles. The molecule has 0 saturated carbocycles. The van der Waals surface area contributed by atoms with Crippen LogP contribution in [-0.4, -0.2) is 46.6 Å². The maximum Gasteiger partial charge on any atom is 0.355 e. The molecule has 4 aromatic rings. The Labute approximate surface area is 208 Å². The number of sulfone groups is 1. The minimum Gasteiger partial charge on any atom is -0.384 e. The van der Waals surface area contributed by atoms with Gasteiger partial charge in [-0.2, -0.15) is 9.97 Å². The van der Waals surface area contributed by atoms with Gasteiger partial charge in [0.25, 0.3) is 0 Å². The highest BCUT2D eigenvalue weighted by molar-refractivity contribution is 7.92. The van der Waals surface area contributed by atoms with Crippen molar-refractivity contribution in [3.05, 3.63) is 63.1 Å². The molecule has 14 heteroatoms. The number of nitrogens with two attached hydrogens (primary N) is 1. The maximum absolute atomic E-state index is 12.8. The molecule has 178 valence electrons. The molecule has 11 nitrogen and oxygen atoms in total. The number of benzene rings is 2. The van der Waals surface area contributed by atoms with Gasteiger partial charge >= 0.3 is 5.69 Å². The number of aromatic nitrogens is 4. The number of carbonyl (C=O) groups is 1. The van der Waals surface area contributed by atoms with Crippen LogP contribution in [0.4, 0.5) is 23.1 Å². The molecule has 0 fully saturated rings. The minimum absolute atomic E-state index is 0.00544. The van der Waals surface area contributed by atoms with Crippen molar-refractivity contribution in [1.29, 1.82) is 0 Å². The van der Waals surface area contributed by atoms with Crippen molar-refractivity contribution in [2.24, 2.45) is 0 Å². The molecule has 2 aromatic carbocycles. The Morgan fingerprint density at radius 3 is 2.51 bits per heavy atom. The second kappa shape index (κ2) is 8.18. The number of anilines is 4. The molecular formula is C21H15Cl2N7O4S. The summed E-state index contributed by atoms with van der Waals surface area (Å²) in [6.07, 6.45) is 1.37. The Kier molecular flexibility index (Phi) is 5.38. The molecule has 0 atom stereocenters. The normalized spacial score (nSPS) is 14.7. The predicted molar refractivity (Wildman–Crippen MR) is 133 cm³/mol. The Hall–Kier alpha value is -3.74. The van der Waals surface area contributed by atoms with Crippen LogP contribution in [0, 0.1) is 0 Å². The van der Waals surface area contributed by atoms with E-state index in [4.69, 9.17) is 28.9 Å². The van der Waals surface area contributed by atoms with Gasteiger partial charge in [0, 0.05) is 18.9 Å². The Bertz CT molecular complexity index is 1700. The van der Waals surface area contributed by atoms with Crippen molar-refractivity contribution in [2.75, 3.05) is 28.8 Å². The lowest BCUT2D eigenvalue weighted by Crippen LogP contribution is -2.37. The van der Waals surface area contributed by atoms with E-state index in [-0.39, 0.29) is 49.1 Å². The fraction of sp³-hybridized carbons (Fsp3) is 0.0952. The van der Waals surface area contributed by atoms with E-state index < -0.39 is 27.2 Å². The number of para-hydroxylation sites is 1. The van der Waals surface area contributed by atoms with Crippen LogP contribution in [0.2, 0.25) is 10.0 Å². The van der Waals surface area contributed by atoms with Crippen LogP contribution in [0.25, 0.3) is 16.7 Å². The summed E-state index contributed by atoms with van der Waals surface area (Å²) >= 11 is 12.5. The first-order valence-electron chi connectivity index (χ1n) is 9.97. The highest BCUT2D eigenvalue weighted by atomic mass is 35.5. The summed E-state index contributed by atoms with van der Waals surface area (Å²) < 4.78 is 26.1. The molecule has 1 aliphatic rings. The lowest BCUT2D eigenvalue weighted by Gasteiger charge is -2.25. The summed E-state index contributed by atoms with van der Waals surface area (Å²) in [6.45, 7) is 0. The fourth-order valence-corrected chi connectivity index (χ4v) is 5.77. The molecule has 0 spiro atoms. The number of nitrogens with zero attached hydrogens (tertiary/aromatic N) is 5. The first-order valence-corrected chi connectivity index (χ1v) is 12.4. The number of hydrogen-bond acceptors (Lipinski definition) is 9. The van der Waals surface area contributed by atoms with Gasteiger partial charge in [0.2, 0.25) is 11.9 Å². The monoisotopic (exact) mass is 531 g/mol.